The Morgan fingerprint density at radius 2 is 2.04 bits per heavy atom. The van der Waals surface area contributed by atoms with Crippen molar-refractivity contribution < 1.29 is 29.3 Å². The fourth-order valence-electron chi connectivity index (χ4n) is 2.67. The van der Waals surface area contributed by atoms with Gasteiger partial charge in [-0.3, -0.25) is 14.2 Å². The normalized spacial score (nSPS) is 13.6. The number of benzene rings is 1. The number of ketones is 1. The van der Waals surface area contributed by atoms with Crippen molar-refractivity contribution in [3.8, 4) is 5.75 Å². The van der Waals surface area contributed by atoms with Crippen LogP contribution in [-0.4, -0.2) is 32.4 Å². The van der Waals surface area contributed by atoms with Crippen LogP contribution in [0.4, 0.5) is 5.69 Å². The first kappa shape index (κ1) is 15.3. The van der Waals surface area contributed by atoms with Crippen molar-refractivity contribution in [3.05, 3.63) is 47.6 Å². The fraction of sp³-hybridized carbons (Fsp3) is 0.0625. The lowest BCUT2D eigenvalue weighted by atomic mass is 10.0. The van der Waals surface area contributed by atoms with Gasteiger partial charge in [-0.05, 0) is 25.1 Å². The van der Waals surface area contributed by atoms with Crippen molar-refractivity contribution in [3.63, 3.8) is 0 Å². The van der Waals surface area contributed by atoms with E-state index in [9.17, 15) is 24.6 Å². The van der Waals surface area contributed by atoms with Crippen LogP contribution in [0, 0.1) is 6.92 Å². The molecule has 0 aliphatic carbocycles. The Bertz CT molecular complexity index is 996. The van der Waals surface area contributed by atoms with Crippen LogP contribution in [0.15, 0.2) is 36.3 Å². The van der Waals surface area contributed by atoms with Gasteiger partial charge in [-0.1, -0.05) is 6.58 Å². The van der Waals surface area contributed by atoms with Crippen molar-refractivity contribution in [2.24, 2.45) is 0 Å². The van der Waals surface area contributed by atoms with Crippen LogP contribution in [-0.2, 0) is 4.79 Å². The van der Waals surface area contributed by atoms with E-state index in [1.54, 1.807) is 0 Å². The molecule has 3 rings (SSSR count). The largest absolute Gasteiger partial charge is 0.500 e. The third-order valence-electron chi connectivity index (χ3n) is 3.84. The van der Waals surface area contributed by atoms with E-state index in [4.69, 9.17) is 10.5 Å². The number of carboxylic acids is 1. The molecule has 2 heterocycles. The van der Waals surface area contributed by atoms with E-state index >= 15 is 0 Å². The Balaban J connectivity index is 2.53. The number of carbonyl (C=O) groups is 3. The van der Waals surface area contributed by atoms with Gasteiger partial charge in [-0.15, -0.1) is 0 Å². The molecule has 1 aliphatic rings. The lowest BCUT2D eigenvalue weighted by molar-refractivity contribution is -0.135. The smallest absolute Gasteiger partial charge is 0.376 e. The minimum absolute atomic E-state index is 0.0160. The zero-order valence-corrected chi connectivity index (χ0v) is 12.5. The van der Waals surface area contributed by atoms with Gasteiger partial charge >= 0.3 is 11.9 Å². The lowest BCUT2D eigenvalue weighted by Gasteiger charge is -2.16. The molecule has 0 fully saturated rings. The molecule has 4 bridgehead atoms. The molecule has 0 saturated carbocycles. The van der Waals surface area contributed by atoms with E-state index in [0.717, 1.165) is 10.6 Å². The van der Waals surface area contributed by atoms with E-state index in [1.165, 1.54) is 19.1 Å². The number of hydrogen-bond acceptors (Lipinski definition) is 6. The molecule has 24 heavy (non-hydrogen) atoms. The SMILES string of the molecule is C=CC(=O)c1ccc2c3c(N)c(C)n2C(=O)C(O)=C(C(=O)O)Oc13. The molecule has 8 heteroatoms. The number of allylic oxidation sites excluding steroid dienone is 2. The molecule has 8 nitrogen and oxygen atoms in total. The maximum absolute atomic E-state index is 12.4. The van der Waals surface area contributed by atoms with Crippen molar-refractivity contribution >= 4 is 34.3 Å². The Kier molecular flexibility index (Phi) is 3.19. The summed E-state index contributed by atoms with van der Waals surface area (Å²) in [6.07, 6.45) is 1.04. The summed E-state index contributed by atoms with van der Waals surface area (Å²) < 4.78 is 6.34. The number of aliphatic hydroxyl groups is 1. The first-order chi connectivity index (χ1) is 11.3. The van der Waals surface area contributed by atoms with E-state index in [0.29, 0.717) is 11.2 Å². The monoisotopic (exact) mass is 328 g/mol. The summed E-state index contributed by atoms with van der Waals surface area (Å²) >= 11 is 0. The summed E-state index contributed by atoms with van der Waals surface area (Å²) in [5.41, 5.74) is 6.77. The summed E-state index contributed by atoms with van der Waals surface area (Å²) in [6.45, 7) is 4.92. The predicted octanol–water partition coefficient (Wildman–Crippen LogP) is 1.79. The number of hydrogen-bond donors (Lipinski definition) is 3. The van der Waals surface area contributed by atoms with Crippen LogP contribution >= 0.6 is 0 Å². The van der Waals surface area contributed by atoms with Gasteiger partial charge in [0.05, 0.1) is 22.2 Å². The van der Waals surface area contributed by atoms with E-state index in [2.05, 4.69) is 6.58 Å². The van der Waals surface area contributed by atoms with Crippen LogP contribution in [0.3, 0.4) is 0 Å². The van der Waals surface area contributed by atoms with Gasteiger partial charge in [0.2, 0.25) is 5.76 Å². The number of nitrogen functional groups attached to an aromatic ring is 1. The number of rotatable bonds is 3. The Hall–Kier alpha value is -3.55. The molecule has 0 saturated heterocycles. The second-order valence-corrected chi connectivity index (χ2v) is 5.13. The van der Waals surface area contributed by atoms with E-state index in [1.807, 2.05) is 0 Å². The molecule has 1 aliphatic heterocycles. The molecule has 0 spiro atoms. The highest BCUT2D eigenvalue weighted by Crippen LogP contribution is 2.41. The average molecular weight is 328 g/mol. The Morgan fingerprint density at radius 1 is 1.38 bits per heavy atom. The fourth-order valence-corrected chi connectivity index (χ4v) is 2.67. The van der Waals surface area contributed by atoms with E-state index < -0.39 is 29.2 Å². The number of nitrogens with two attached hydrogens (primary N) is 1. The third-order valence-corrected chi connectivity index (χ3v) is 3.84. The van der Waals surface area contributed by atoms with Crippen molar-refractivity contribution in [2.75, 3.05) is 5.73 Å². The van der Waals surface area contributed by atoms with Gasteiger partial charge in [-0.2, -0.15) is 0 Å². The van der Waals surface area contributed by atoms with Gasteiger partial charge in [0.15, 0.2) is 11.5 Å². The topological polar surface area (TPSA) is 132 Å². The number of anilines is 1. The van der Waals surface area contributed by atoms with Crippen LogP contribution < -0.4 is 10.5 Å². The van der Waals surface area contributed by atoms with Crippen molar-refractivity contribution in [2.45, 2.75) is 6.92 Å². The number of ether oxygens (including phenoxy) is 1. The molecule has 0 amide bonds. The van der Waals surface area contributed by atoms with Gasteiger partial charge in [0.25, 0.3) is 5.76 Å². The van der Waals surface area contributed by atoms with Gasteiger partial charge in [-0.25, -0.2) is 4.79 Å². The van der Waals surface area contributed by atoms with Crippen LogP contribution in [0.25, 0.3) is 10.9 Å². The highest BCUT2D eigenvalue weighted by atomic mass is 16.5. The maximum Gasteiger partial charge on any atom is 0.376 e. The zero-order valence-electron chi connectivity index (χ0n) is 12.5. The first-order valence-electron chi connectivity index (χ1n) is 6.78. The van der Waals surface area contributed by atoms with Gasteiger partial charge < -0.3 is 20.7 Å². The Labute approximate surface area is 135 Å². The van der Waals surface area contributed by atoms with Crippen LogP contribution in [0.1, 0.15) is 20.8 Å². The molecule has 0 unspecified atom stereocenters. The number of aromatic nitrogens is 1. The predicted molar refractivity (Wildman–Crippen MR) is 84.2 cm³/mol. The summed E-state index contributed by atoms with van der Waals surface area (Å²) in [5, 5.41) is 19.5. The molecular weight excluding hydrogens is 316 g/mol. The highest BCUT2D eigenvalue weighted by molar-refractivity contribution is 6.16. The highest BCUT2D eigenvalue weighted by Gasteiger charge is 2.33. The molecule has 0 radical (unpaired) electrons. The number of aliphatic carboxylic acids is 1. The second-order valence-electron chi connectivity index (χ2n) is 5.13. The van der Waals surface area contributed by atoms with Crippen LogP contribution in [0.5, 0.6) is 5.75 Å². The van der Waals surface area contributed by atoms with Crippen molar-refractivity contribution in [1.82, 2.24) is 4.57 Å². The van der Waals surface area contributed by atoms with Gasteiger partial charge in [0, 0.05) is 5.69 Å². The van der Waals surface area contributed by atoms with Crippen LogP contribution in [0.2, 0.25) is 0 Å². The van der Waals surface area contributed by atoms with E-state index in [-0.39, 0.29) is 22.4 Å². The summed E-state index contributed by atoms with van der Waals surface area (Å²) in [7, 11) is 0. The number of carboxylic acid groups (broad SMARTS) is 1. The number of nitrogens with zero attached hydrogens (tertiary/aromatic N) is 1. The molecule has 122 valence electrons. The molecule has 1 aromatic heterocycles. The number of carbonyl (C=O) groups excluding carboxylic acids is 2. The third kappa shape index (κ3) is 1.83. The second kappa shape index (κ2) is 4.98. The van der Waals surface area contributed by atoms with Crippen molar-refractivity contribution in [1.29, 1.82) is 0 Å². The summed E-state index contributed by atoms with van der Waals surface area (Å²) in [5.74, 6) is -5.38. The quantitative estimate of drug-likeness (QED) is 0.578. The molecule has 4 N–H and O–H groups in total. The summed E-state index contributed by atoms with van der Waals surface area (Å²) in [4.78, 5) is 35.8. The standard InChI is InChI=1S/C16H12N2O6/c1-3-9(19)7-4-5-8-10-11(17)6(2)18(8)15(21)12(20)14(16(22)23)24-13(7)10/h3-5,20H,1,17H2,2H3,(H,22,23). The summed E-state index contributed by atoms with van der Waals surface area (Å²) in [6, 6.07) is 2.85. The number of aliphatic hydroxyl groups excluding tert-OH is 1. The Morgan fingerprint density at radius 3 is 2.62 bits per heavy atom. The average Bonchev–Trinajstić information content (AvgIpc) is 2.82. The zero-order chi connectivity index (χ0) is 17.8. The van der Waals surface area contributed by atoms with Gasteiger partial charge in [0.1, 0.15) is 0 Å². The first-order valence-corrected chi connectivity index (χ1v) is 6.78. The minimum atomic E-state index is -1.66. The molecule has 2 aromatic rings. The lowest BCUT2D eigenvalue weighted by Crippen LogP contribution is -2.23. The molecular formula is C16H12N2O6. The maximum atomic E-state index is 12.4. The molecule has 1 aromatic carbocycles. The minimum Gasteiger partial charge on any atom is -0.500 e. The molecule has 0 atom stereocenters.